The van der Waals surface area contributed by atoms with Gasteiger partial charge in [0.25, 0.3) is 5.56 Å². The van der Waals surface area contributed by atoms with Crippen molar-refractivity contribution in [3.8, 4) is 5.75 Å². The molecular formula is C20H20BrN3O3. The van der Waals surface area contributed by atoms with Gasteiger partial charge in [-0.15, -0.1) is 0 Å². The maximum absolute atomic E-state index is 12.5. The first-order valence-electron chi connectivity index (χ1n) is 8.56. The predicted molar refractivity (Wildman–Crippen MR) is 108 cm³/mol. The molecule has 6 nitrogen and oxygen atoms in total. The third-order valence-electron chi connectivity index (χ3n) is 4.36. The lowest BCUT2D eigenvalue weighted by molar-refractivity contribution is -0.121. The molecule has 27 heavy (non-hydrogen) atoms. The summed E-state index contributed by atoms with van der Waals surface area (Å²) >= 11 is 3.45. The lowest BCUT2D eigenvalue weighted by atomic mass is 10.1. The van der Waals surface area contributed by atoms with E-state index in [1.54, 1.807) is 25.3 Å². The first-order chi connectivity index (χ1) is 13.0. The average molecular weight is 430 g/mol. The van der Waals surface area contributed by atoms with Crippen LogP contribution in [-0.2, 0) is 11.3 Å². The number of nitrogens with one attached hydrogen (secondary N) is 1. The van der Waals surface area contributed by atoms with E-state index < -0.39 is 0 Å². The Balaban J connectivity index is 1.63. The predicted octanol–water partition coefficient (Wildman–Crippen LogP) is 3.44. The lowest BCUT2D eigenvalue weighted by Crippen LogP contribution is -2.29. The Morgan fingerprint density at radius 2 is 2.07 bits per heavy atom. The molecule has 2 aromatic carbocycles. The van der Waals surface area contributed by atoms with Crippen molar-refractivity contribution in [2.75, 3.05) is 7.11 Å². The Morgan fingerprint density at radius 1 is 1.30 bits per heavy atom. The van der Waals surface area contributed by atoms with Gasteiger partial charge >= 0.3 is 0 Å². The average Bonchev–Trinajstić information content (AvgIpc) is 2.67. The van der Waals surface area contributed by atoms with E-state index in [2.05, 4.69) is 26.2 Å². The van der Waals surface area contributed by atoms with E-state index in [4.69, 9.17) is 4.74 Å². The van der Waals surface area contributed by atoms with Crippen molar-refractivity contribution in [2.45, 2.75) is 25.9 Å². The minimum absolute atomic E-state index is 0.130. The molecule has 1 heterocycles. The number of aryl methyl sites for hydroxylation is 1. The van der Waals surface area contributed by atoms with Crippen LogP contribution in [0.1, 0.15) is 24.9 Å². The summed E-state index contributed by atoms with van der Waals surface area (Å²) in [5, 5.41) is 3.50. The van der Waals surface area contributed by atoms with Gasteiger partial charge in [-0.05, 0) is 52.7 Å². The van der Waals surface area contributed by atoms with Crippen LogP contribution < -0.4 is 15.6 Å². The number of ether oxygens (including phenoxy) is 1. The molecular weight excluding hydrogens is 410 g/mol. The summed E-state index contributed by atoms with van der Waals surface area (Å²) in [5.41, 5.74) is 1.48. The second kappa shape index (κ2) is 8.35. The summed E-state index contributed by atoms with van der Waals surface area (Å²) in [7, 11) is 1.61. The number of aromatic nitrogens is 2. The van der Waals surface area contributed by atoms with E-state index in [0.29, 0.717) is 10.9 Å². The topological polar surface area (TPSA) is 73.2 Å². The van der Waals surface area contributed by atoms with E-state index in [1.165, 1.54) is 10.9 Å². The molecule has 1 atom stereocenters. The fraction of sp³-hybridized carbons (Fsp3) is 0.250. The van der Waals surface area contributed by atoms with Gasteiger partial charge in [-0.3, -0.25) is 14.2 Å². The monoisotopic (exact) mass is 429 g/mol. The number of para-hydroxylation sites is 1. The van der Waals surface area contributed by atoms with Crippen LogP contribution in [0.25, 0.3) is 10.9 Å². The summed E-state index contributed by atoms with van der Waals surface area (Å²) < 4.78 is 7.52. The molecule has 1 N–H and O–H groups in total. The molecule has 0 aliphatic rings. The Kier molecular flexibility index (Phi) is 5.91. The number of halogens is 1. The molecule has 3 rings (SSSR count). The molecule has 0 bridgehead atoms. The van der Waals surface area contributed by atoms with Gasteiger partial charge < -0.3 is 10.1 Å². The standard InChI is InChI=1S/C20H20BrN3O3/c1-13(14-7-8-18(27-2)16(21)11-14)23-19(25)9-10-24-12-22-17-6-4-3-5-15(17)20(24)26/h3-8,11-13H,9-10H2,1-2H3,(H,23,25). The largest absolute Gasteiger partial charge is 0.496 e. The Morgan fingerprint density at radius 3 is 2.81 bits per heavy atom. The van der Waals surface area contributed by atoms with Crippen molar-refractivity contribution in [1.29, 1.82) is 0 Å². The highest BCUT2D eigenvalue weighted by Crippen LogP contribution is 2.27. The zero-order chi connectivity index (χ0) is 19.4. The quantitative estimate of drug-likeness (QED) is 0.651. The number of carbonyl (C=O) groups is 1. The van der Waals surface area contributed by atoms with Gasteiger partial charge in [-0.1, -0.05) is 18.2 Å². The van der Waals surface area contributed by atoms with Gasteiger partial charge in [-0.2, -0.15) is 0 Å². The highest BCUT2D eigenvalue weighted by molar-refractivity contribution is 9.10. The smallest absolute Gasteiger partial charge is 0.261 e. The molecule has 7 heteroatoms. The summed E-state index contributed by atoms with van der Waals surface area (Å²) in [6.07, 6.45) is 1.68. The summed E-state index contributed by atoms with van der Waals surface area (Å²) in [6, 6.07) is 12.7. The number of hydrogen-bond donors (Lipinski definition) is 1. The van der Waals surface area contributed by atoms with Crippen molar-refractivity contribution in [2.24, 2.45) is 0 Å². The van der Waals surface area contributed by atoms with Crippen LogP contribution in [0.3, 0.4) is 0 Å². The lowest BCUT2D eigenvalue weighted by Gasteiger charge is -2.16. The molecule has 1 amide bonds. The fourth-order valence-electron chi connectivity index (χ4n) is 2.84. The molecule has 1 unspecified atom stereocenters. The number of carbonyl (C=O) groups excluding carboxylic acids is 1. The third-order valence-corrected chi connectivity index (χ3v) is 4.98. The van der Waals surface area contributed by atoms with Gasteiger partial charge in [0.1, 0.15) is 5.75 Å². The first kappa shape index (κ1) is 19.1. The number of methoxy groups -OCH3 is 1. The molecule has 1 aromatic heterocycles. The molecule has 0 spiro atoms. The van der Waals surface area contributed by atoms with Gasteiger partial charge in [0.05, 0.1) is 34.9 Å². The molecule has 3 aromatic rings. The van der Waals surface area contributed by atoms with E-state index in [1.807, 2.05) is 31.2 Å². The van der Waals surface area contributed by atoms with Crippen LogP contribution in [0, 0.1) is 0 Å². The molecule has 0 fully saturated rings. The maximum atomic E-state index is 12.5. The van der Waals surface area contributed by atoms with Crippen molar-refractivity contribution >= 4 is 32.7 Å². The number of rotatable bonds is 6. The maximum Gasteiger partial charge on any atom is 0.261 e. The van der Waals surface area contributed by atoms with E-state index in [9.17, 15) is 9.59 Å². The van der Waals surface area contributed by atoms with Crippen LogP contribution in [0.4, 0.5) is 0 Å². The van der Waals surface area contributed by atoms with Gasteiger partial charge in [0, 0.05) is 13.0 Å². The number of amides is 1. The van der Waals surface area contributed by atoms with E-state index in [-0.39, 0.29) is 30.5 Å². The van der Waals surface area contributed by atoms with Crippen molar-refractivity contribution in [3.05, 3.63) is 69.2 Å². The molecule has 0 aliphatic carbocycles. The van der Waals surface area contributed by atoms with Crippen LogP contribution >= 0.6 is 15.9 Å². The van der Waals surface area contributed by atoms with Crippen LogP contribution in [0.15, 0.2) is 58.1 Å². The minimum atomic E-state index is -0.161. The highest BCUT2D eigenvalue weighted by Gasteiger charge is 2.12. The van der Waals surface area contributed by atoms with Gasteiger partial charge in [-0.25, -0.2) is 4.98 Å². The molecule has 140 valence electrons. The van der Waals surface area contributed by atoms with E-state index in [0.717, 1.165) is 15.8 Å². The third kappa shape index (κ3) is 4.36. The van der Waals surface area contributed by atoms with Gasteiger partial charge in [0.2, 0.25) is 5.91 Å². The summed E-state index contributed by atoms with van der Waals surface area (Å²) in [5.74, 6) is 0.606. The highest BCUT2D eigenvalue weighted by atomic mass is 79.9. The van der Waals surface area contributed by atoms with Crippen molar-refractivity contribution in [1.82, 2.24) is 14.9 Å². The number of fused-ring (bicyclic) bond motifs is 1. The Hall–Kier alpha value is -2.67. The van der Waals surface area contributed by atoms with Gasteiger partial charge in [0.15, 0.2) is 0 Å². The summed E-state index contributed by atoms with van der Waals surface area (Å²) in [6.45, 7) is 2.19. The van der Waals surface area contributed by atoms with E-state index >= 15 is 0 Å². The van der Waals surface area contributed by atoms with Crippen LogP contribution in [0.2, 0.25) is 0 Å². The van der Waals surface area contributed by atoms with Crippen LogP contribution in [0.5, 0.6) is 5.75 Å². The fourth-order valence-corrected chi connectivity index (χ4v) is 3.39. The van der Waals surface area contributed by atoms with Crippen molar-refractivity contribution < 1.29 is 9.53 Å². The molecule has 0 radical (unpaired) electrons. The molecule has 0 saturated heterocycles. The first-order valence-corrected chi connectivity index (χ1v) is 9.36. The molecule has 0 aliphatic heterocycles. The van der Waals surface area contributed by atoms with Crippen molar-refractivity contribution in [3.63, 3.8) is 0 Å². The zero-order valence-corrected chi connectivity index (χ0v) is 16.7. The zero-order valence-electron chi connectivity index (χ0n) is 15.1. The Bertz CT molecular complexity index is 1030. The number of nitrogens with zero attached hydrogens (tertiary/aromatic N) is 2. The number of hydrogen-bond acceptors (Lipinski definition) is 4. The SMILES string of the molecule is COc1ccc(C(C)NC(=O)CCn2cnc3ccccc3c2=O)cc1Br. The minimum Gasteiger partial charge on any atom is -0.496 e. The summed E-state index contributed by atoms with van der Waals surface area (Å²) in [4.78, 5) is 29.0. The normalized spacial score (nSPS) is 12.0. The second-order valence-electron chi connectivity index (χ2n) is 6.19. The Labute approximate surface area is 165 Å². The second-order valence-corrected chi connectivity index (χ2v) is 7.05. The molecule has 0 saturated carbocycles. The number of benzene rings is 2. The van der Waals surface area contributed by atoms with Crippen LogP contribution in [-0.4, -0.2) is 22.6 Å².